The van der Waals surface area contributed by atoms with Crippen molar-refractivity contribution in [2.45, 2.75) is 0 Å². The largest absolute Gasteiger partial charge is 0.397 e. The van der Waals surface area contributed by atoms with Crippen LogP contribution >= 0.6 is 11.3 Å². The Labute approximate surface area is 120 Å². The van der Waals surface area contributed by atoms with Gasteiger partial charge < -0.3 is 10.6 Å². The first kappa shape index (κ1) is 13.4. The lowest BCUT2D eigenvalue weighted by atomic mass is 10.2. The molecule has 2 N–H and O–H groups in total. The van der Waals surface area contributed by atoms with Crippen molar-refractivity contribution in [2.24, 2.45) is 0 Å². The maximum atomic E-state index is 12.5. The van der Waals surface area contributed by atoms with E-state index in [1.165, 1.54) is 11.3 Å². The van der Waals surface area contributed by atoms with Gasteiger partial charge in [0.15, 0.2) is 9.84 Å². The molecule has 7 heteroatoms. The molecular formula is C13H14N2O3S2. The molecule has 20 heavy (non-hydrogen) atoms. The van der Waals surface area contributed by atoms with Crippen LogP contribution in [0.5, 0.6) is 0 Å². The van der Waals surface area contributed by atoms with Crippen LogP contribution in [0.15, 0.2) is 24.3 Å². The highest BCUT2D eigenvalue weighted by Crippen LogP contribution is 2.34. The van der Waals surface area contributed by atoms with Gasteiger partial charge in [-0.15, -0.1) is 11.3 Å². The second-order valence-electron chi connectivity index (χ2n) is 4.79. The quantitative estimate of drug-likeness (QED) is 0.862. The fourth-order valence-corrected chi connectivity index (χ4v) is 4.58. The van der Waals surface area contributed by atoms with Crippen molar-refractivity contribution in [3.05, 3.63) is 29.1 Å². The lowest BCUT2D eigenvalue weighted by molar-refractivity contribution is 0.0776. The molecule has 0 unspecified atom stereocenters. The maximum absolute atomic E-state index is 12.5. The molecule has 0 saturated carbocycles. The van der Waals surface area contributed by atoms with Crippen LogP contribution in [0, 0.1) is 0 Å². The number of sulfone groups is 1. The fraction of sp³-hybridized carbons (Fsp3) is 0.308. The zero-order valence-corrected chi connectivity index (χ0v) is 12.3. The normalized spacial score (nSPS) is 18.3. The van der Waals surface area contributed by atoms with Gasteiger partial charge in [-0.3, -0.25) is 4.79 Å². The van der Waals surface area contributed by atoms with Gasteiger partial charge in [0.2, 0.25) is 0 Å². The van der Waals surface area contributed by atoms with Crippen molar-refractivity contribution in [1.29, 1.82) is 0 Å². The van der Waals surface area contributed by atoms with Crippen molar-refractivity contribution in [3.63, 3.8) is 0 Å². The summed E-state index contributed by atoms with van der Waals surface area (Å²) < 4.78 is 23.8. The van der Waals surface area contributed by atoms with E-state index in [4.69, 9.17) is 5.73 Å². The summed E-state index contributed by atoms with van der Waals surface area (Å²) in [5.74, 6) is -0.105. The molecular weight excluding hydrogens is 296 g/mol. The number of nitrogens with zero attached hydrogens (tertiary/aromatic N) is 1. The summed E-state index contributed by atoms with van der Waals surface area (Å²) in [5.41, 5.74) is 6.53. The molecule has 1 aliphatic rings. The number of fused-ring (bicyclic) bond motifs is 1. The fourth-order valence-electron chi connectivity index (χ4n) is 2.28. The summed E-state index contributed by atoms with van der Waals surface area (Å²) in [6, 6.07) is 7.60. The minimum Gasteiger partial charge on any atom is -0.397 e. The Morgan fingerprint density at radius 3 is 2.50 bits per heavy atom. The molecule has 0 aliphatic carbocycles. The summed E-state index contributed by atoms with van der Waals surface area (Å²) in [4.78, 5) is 14.5. The Bertz CT molecular complexity index is 766. The lowest BCUT2D eigenvalue weighted by Crippen LogP contribution is -2.43. The average molecular weight is 310 g/mol. The summed E-state index contributed by atoms with van der Waals surface area (Å²) in [6.07, 6.45) is 0. The monoisotopic (exact) mass is 310 g/mol. The zero-order valence-electron chi connectivity index (χ0n) is 10.7. The smallest absolute Gasteiger partial charge is 0.266 e. The molecule has 5 nitrogen and oxygen atoms in total. The van der Waals surface area contributed by atoms with Crippen LogP contribution in [0.1, 0.15) is 9.67 Å². The maximum Gasteiger partial charge on any atom is 0.266 e. The number of benzene rings is 1. The Balaban J connectivity index is 1.91. The molecule has 1 amide bonds. The predicted octanol–water partition coefficient (Wildman–Crippen LogP) is 1.35. The molecule has 1 fully saturated rings. The van der Waals surface area contributed by atoms with Crippen LogP contribution in [0.3, 0.4) is 0 Å². The molecule has 1 aromatic carbocycles. The van der Waals surface area contributed by atoms with Crippen LogP contribution in [-0.4, -0.2) is 43.8 Å². The first-order valence-corrected chi connectivity index (χ1v) is 8.88. The third-order valence-corrected chi connectivity index (χ3v) is 6.24. The van der Waals surface area contributed by atoms with E-state index < -0.39 is 9.84 Å². The molecule has 1 saturated heterocycles. The van der Waals surface area contributed by atoms with E-state index >= 15 is 0 Å². The van der Waals surface area contributed by atoms with E-state index in [2.05, 4.69) is 0 Å². The Hall–Kier alpha value is -1.60. The van der Waals surface area contributed by atoms with Crippen LogP contribution in [-0.2, 0) is 9.84 Å². The van der Waals surface area contributed by atoms with Crippen LogP contribution in [0.2, 0.25) is 0 Å². The van der Waals surface area contributed by atoms with Crippen LogP contribution < -0.4 is 5.73 Å². The minimum absolute atomic E-state index is 0.0313. The van der Waals surface area contributed by atoms with Crippen molar-refractivity contribution in [2.75, 3.05) is 30.3 Å². The third-order valence-electron chi connectivity index (χ3n) is 3.46. The number of nitrogens with two attached hydrogens (primary N) is 1. The van der Waals surface area contributed by atoms with Crippen LogP contribution in [0.25, 0.3) is 10.1 Å². The van der Waals surface area contributed by atoms with Gasteiger partial charge in [0.1, 0.15) is 4.88 Å². The first-order valence-electron chi connectivity index (χ1n) is 6.25. The molecule has 2 heterocycles. The Kier molecular flexibility index (Phi) is 3.18. The van der Waals surface area contributed by atoms with Gasteiger partial charge in [0.25, 0.3) is 5.91 Å². The van der Waals surface area contributed by atoms with Crippen molar-refractivity contribution in [1.82, 2.24) is 4.90 Å². The number of hydrogen-bond acceptors (Lipinski definition) is 5. The zero-order chi connectivity index (χ0) is 14.3. The number of carbonyl (C=O) groups excluding carboxylic acids is 1. The second-order valence-corrected chi connectivity index (χ2v) is 8.14. The van der Waals surface area contributed by atoms with Crippen molar-refractivity contribution < 1.29 is 13.2 Å². The molecule has 0 atom stereocenters. The molecule has 106 valence electrons. The first-order chi connectivity index (χ1) is 9.48. The number of hydrogen-bond donors (Lipinski definition) is 1. The minimum atomic E-state index is -2.99. The summed E-state index contributed by atoms with van der Waals surface area (Å²) in [6.45, 7) is 0.490. The number of anilines is 1. The summed E-state index contributed by atoms with van der Waals surface area (Å²) in [5, 5.41) is 0.880. The van der Waals surface area contributed by atoms with Gasteiger partial charge >= 0.3 is 0 Å². The highest BCUT2D eigenvalue weighted by molar-refractivity contribution is 7.91. The van der Waals surface area contributed by atoms with Gasteiger partial charge in [-0.1, -0.05) is 18.2 Å². The molecule has 0 spiro atoms. The van der Waals surface area contributed by atoms with Crippen LogP contribution in [0.4, 0.5) is 5.69 Å². The number of nitrogen functional groups attached to an aromatic ring is 1. The lowest BCUT2D eigenvalue weighted by Gasteiger charge is -2.26. The number of rotatable bonds is 1. The number of amides is 1. The van der Waals surface area contributed by atoms with Gasteiger partial charge in [0, 0.05) is 23.2 Å². The van der Waals surface area contributed by atoms with E-state index in [1.54, 1.807) is 4.90 Å². The molecule has 0 bridgehead atoms. The van der Waals surface area contributed by atoms with E-state index in [0.717, 1.165) is 10.1 Å². The van der Waals surface area contributed by atoms with E-state index in [-0.39, 0.29) is 30.5 Å². The Morgan fingerprint density at radius 1 is 1.20 bits per heavy atom. The summed E-state index contributed by atoms with van der Waals surface area (Å²) >= 11 is 1.36. The average Bonchev–Trinajstić information content (AvgIpc) is 2.76. The molecule has 2 aromatic rings. The number of carbonyl (C=O) groups is 1. The van der Waals surface area contributed by atoms with E-state index in [9.17, 15) is 13.2 Å². The SMILES string of the molecule is Nc1c(C(=O)N2CCS(=O)(=O)CC2)sc2ccccc12. The molecule has 3 rings (SSSR count). The molecule has 1 aromatic heterocycles. The highest BCUT2D eigenvalue weighted by Gasteiger charge is 2.28. The van der Waals surface area contributed by atoms with Gasteiger partial charge in [-0.2, -0.15) is 0 Å². The van der Waals surface area contributed by atoms with E-state index in [0.29, 0.717) is 10.6 Å². The van der Waals surface area contributed by atoms with E-state index in [1.807, 2.05) is 24.3 Å². The molecule has 0 radical (unpaired) electrons. The third kappa shape index (κ3) is 2.27. The number of thiophene rings is 1. The Morgan fingerprint density at radius 2 is 1.85 bits per heavy atom. The van der Waals surface area contributed by atoms with Crippen molar-refractivity contribution in [3.8, 4) is 0 Å². The highest BCUT2D eigenvalue weighted by atomic mass is 32.2. The predicted molar refractivity (Wildman–Crippen MR) is 80.8 cm³/mol. The van der Waals surface area contributed by atoms with Gasteiger partial charge in [-0.25, -0.2) is 8.42 Å². The van der Waals surface area contributed by atoms with Crippen molar-refractivity contribution >= 4 is 42.9 Å². The van der Waals surface area contributed by atoms with Gasteiger partial charge in [0.05, 0.1) is 17.2 Å². The molecule has 1 aliphatic heterocycles. The second kappa shape index (κ2) is 4.75. The summed E-state index contributed by atoms with van der Waals surface area (Å²) in [7, 11) is -2.99. The standard InChI is InChI=1S/C13H14N2O3S2/c14-11-9-3-1-2-4-10(9)19-12(11)13(16)15-5-7-20(17,18)8-6-15/h1-4H,5-8,14H2. The van der Waals surface area contributed by atoms with Gasteiger partial charge in [-0.05, 0) is 6.07 Å². The topological polar surface area (TPSA) is 80.5 Å².